The quantitative estimate of drug-likeness (QED) is 0.107. The van der Waals surface area contributed by atoms with Crippen molar-refractivity contribution in [1.29, 1.82) is 0 Å². The van der Waals surface area contributed by atoms with E-state index in [2.05, 4.69) is 40.3 Å². The molecule has 0 atom stereocenters. The Morgan fingerprint density at radius 1 is 0.649 bits per heavy atom. The average Bonchev–Trinajstić information content (AvgIpc) is 3.44. The van der Waals surface area contributed by atoms with Crippen LogP contribution < -0.4 is 0 Å². The van der Waals surface area contributed by atoms with E-state index in [1.54, 1.807) is 0 Å². The molecule has 0 amide bonds. The normalized spacial score (nSPS) is 11.9. The molecule has 0 fully saturated rings. The second kappa shape index (κ2) is 14.7. The lowest BCUT2D eigenvalue weighted by molar-refractivity contribution is 0.526. The highest BCUT2D eigenvalue weighted by atomic mass is 15.2. The van der Waals surface area contributed by atoms with Crippen LogP contribution in [0.15, 0.2) is 53.5 Å². The number of aryl methyl sites for hydroxylation is 2. The largest absolute Gasteiger partial charge is 0.326 e. The summed E-state index contributed by atoms with van der Waals surface area (Å²) in [6, 6.07) is 16.6. The number of nitrogens with zero attached hydrogens (tertiary/aromatic N) is 5. The molecule has 5 heteroatoms. The minimum absolute atomic E-state index is 0.767. The van der Waals surface area contributed by atoms with Gasteiger partial charge in [0, 0.05) is 13.6 Å². The summed E-state index contributed by atoms with van der Waals surface area (Å²) in [6.07, 6.45) is 21.1. The Hall–Kier alpha value is -2.95. The maximum absolute atomic E-state index is 4.82. The van der Waals surface area contributed by atoms with Crippen molar-refractivity contribution in [3.63, 3.8) is 0 Å². The lowest BCUT2D eigenvalue weighted by atomic mass is 10.0. The van der Waals surface area contributed by atoms with Crippen LogP contribution in [0.25, 0.3) is 22.1 Å². The van der Waals surface area contributed by atoms with Gasteiger partial charge in [-0.05, 0) is 30.7 Å². The summed E-state index contributed by atoms with van der Waals surface area (Å²) < 4.78 is 4.36. The lowest BCUT2D eigenvalue weighted by Crippen LogP contribution is -1.99. The summed E-state index contributed by atoms with van der Waals surface area (Å²) >= 11 is 0. The van der Waals surface area contributed by atoms with Gasteiger partial charge in [0.2, 0.25) is 5.95 Å². The minimum Gasteiger partial charge on any atom is -0.326 e. The Bertz CT molecular complexity index is 1250. The first-order valence-electron chi connectivity index (χ1n) is 14.7. The number of rotatable bonds is 17. The van der Waals surface area contributed by atoms with Gasteiger partial charge in [-0.3, -0.25) is 0 Å². The van der Waals surface area contributed by atoms with Crippen LogP contribution in [0.4, 0.5) is 5.95 Å². The first-order chi connectivity index (χ1) is 18.3. The zero-order valence-corrected chi connectivity index (χ0v) is 23.0. The average molecular weight is 500 g/mol. The Balaban J connectivity index is 1.22. The Labute approximate surface area is 223 Å². The summed E-state index contributed by atoms with van der Waals surface area (Å²) in [6.45, 7) is 3.24. The van der Waals surface area contributed by atoms with E-state index in [1.807, 2.05) is 37.5 Å². The van der Waals surface area contributed by atoms with Crippen molar-refractivity contribution < 1.29 is 0 Å². The molecule has 198 valence electrons. The number of imidazole rings is 2. The van der Waals surface area contributed by atoms with Gasteiger partial charge in [0.25, 0.3) is 0 Å². The molecule has 2 aromatic carbocycles. The number of unbranched alkanes of at least 4 members (excludes halogenated alkanes) is 13. The highest BCUT2D eigenvalue weighted by Crippen LogP contribution is 2.23. The van der Waals surface area contributed by atoms with Crippen LogP contribution in [0.1, 0.15) is 103 Å². The number of aliphatic imine (C=N–C) groups is 1. The molecule has 0 N–H and O–H groups in total. The van der Waals surface area contributed by atoms with E-state index in [9.17, 15) is 0 Å². The topological polar surface area (TPSA) is 48.0 Å². The molecule has 0 aliphatic carbocycles. The number of benzene rings is 2. The predicted octanol–water partition coefficient (Wildman–Crippen LogP) is 9.15. The summed E-state index contributed by atoms with van der Waals surface area (Å²) in [7, 11) is 2.04. The van der Waals surface area contributed by atoms with Gasteiger partial charge < -0.3 is 9.13 Å². The van der Waals surface area contributed by atoms with Gasteiger partial charge in [0.1, 0.15) is 0 Å². The van der Waals surface area contributed by atoms with Gasteiger partial charge in [-0.15, -0.1) is 0 Å². The molecule has 5 nitrogen and oxygen atoms in total. The number of hydrogen-bond donors (Lipinski definition) is 0. The molecular weight excluding hydrogens is 454 g/mol. The number of para-hydroxylation sites is 4. The molecule has 0 aliphatic rings. The van der Waals surface area contributed by atoms with Crippen LogP contribution in [0.2, 0.25) is 0 Å². The van der Waals surface area contributed by atoms with Crippen LogP contribution in [-0.2, 0) is 13.6 Å². The highest BCUT2D eigenvalue weighted by molar-refractivity contribution is 5.86. The fourth-order valence-electron chi connectivity index (χ4n) is 5.24. The molecule has 37 heavy (non-hydrogen) atoms. The molecule has 0 saturated carbocycles. The van der Waals surface area contributed by atoms with E-state index in [1.165, 1.54) is 83.5 Å². The van der Waals surface area contributed by atoms with Gasteiger partial charge in [-0.25, -0.2) is 15.0 Å². The molecule has 0 unspecified atom stereocenters. The SMILES string of the molecule is CCCCCCCCCCCCCCCCn1c(/N=C/c2nc3ccccc3n2C)nc2ccccc21. The molecule has 0 spiro atoms. The molecule has 2 heterocycles. The minimum atomic E-state index is 0.767. The van der Waals surface area contributed by atoms with Crippen molar-refractivity contribution in [1.82, 2.24) is 19.1 Å². The molecule has 0 aliphatic heterocycles. The van der Waals surface area contributed by atoms with Crippen molar-refractivity contribution >= 4 is 34.2 Å². The highest BCUT2D eigenvalue weighted by Gasteiger charge is 2.10. The molecule has 4 rings (SSSR count). The molecule has 4 aromatic rings. The smallest absolute Gasteiger partial charge is 0.230 e. The van der Waals surface area contributed by atoms with Crippen LogP contribution in [-0.4, -0.2) is 25.3 Å². The van der Waals surface area contributed by atoms with Crippen LogP contribution in [0.3, 0.4) is 0 Å². The second-order valence-corrected chi connectivity index (χ2v) is 10.4. The Kier molecular flexibility index (Phi) is 10.8. The molecule has 0 bridgehead atoms. The van der Waals surface area contributed by atoms with Gasteiger partial charge in [-0.1, -0.05) is 115 Å². The maximum Gasteiger partial charge on any atom is 0.230 e. The van der Waals surface area contributed by atoms with E-state index in [-0.39, 0.29) is 0 Å². The summed E-state index contributed by atoms with van der Waals surface area (Å²) in [5.41, 5.74) is 4.27. The fourth-order valence-corrected chi connectivity index (χ4v) is 5.24. The zero-order valence-electron chi connectivity index (χ0n) is 23.0. The van der Waals surface area contributed by atoms with Gasteiger partial charge in [0.05, 0.1) is 28.3 Å². The van der Waals surface area contributed by atoms with E-state index in [4.69, 9.17) is 15.0 Å². The lowest BCUT2D eigenvalue weighted by Gasteiger charge is -2.07. The third kappa shape index (κ3) is 7.77. The third-order valence-electron chi connectivity index (χ3n) is 7.49. The summed E-state index contributed by atoms with van der Waals surface area (Å²) in [4.78, 5) is 14.4. The van der Waals surface area contributed by atoms with E-state index in [0.29, 0.717) is 0 Å². The maximum atomic E-state index is 4.82. The monoisotopic (exact) mass is 499 g/mol. The summed E-state index contributed by atoms with van der Waals surface area (Å²) in [5, 5.41) is 0. The van der Waals surface area contributed by atoms with Crippen LogP contribution in [0, 0.1) is 0 Å². The van der Waals surface area contributed by atoms with Crippen molar-refractivity contribution in [3.8, 4) is 0 Å². The van der Waals surface area contributed by atoms with E-state index in [0.717, 1.165) is 46.8 Å². The molecular formula is C32H45N5. The standard InChI is InChI=1S/C32H45N5/c1-3-4-5-6-7-8-9-10-11-12-13-14-15-20-25-37-30-24-19-17-22-28(30)35-32(37)33-26-31-34-27-21-16-18-23-29(27)36(31)2/h16-19,21-24,26H,3-15,20,25H2,1-2H3/b33-26+. The number of aromatic nitrogens is 4. The first kappa shape index (κ1) is 27.1. The second-order valence-electron chi connectivity index (χ2n) is 10.4. The Morgan fingerprint density at radius 2 is 1.16 bits per heavy atom. The van der Waals surface area contributed by atoms with Crippen molar-refractivity contribution in [3.05, 3.63) is 54.4 Å². The number of hydrogen-bond acceptors (Lipinski definition) is 3. The molecule has 0 radical (unpaired) electrons. The molecule has 2 aromatic heterocycles. The van der Waals surface area contributed by atoms with Crippen molar-refractivity contribution in [2.45, 2.75) is 103 Å². The van der Waals surface area contributed by atoms with Crippen molar-refractivity contribution in [2.24, 2.45) is 12.0 Å². The fraction of sp³-hybridized carbons (Fsp3) is 0.531. The van der Waals surface area contributed by atoms with Gasteiger partial charge in [-0.2, -0.15) is 0 Å². The summed E-state index contributed by atoms with van der Waals surface area (Å²) in [5.74, 6) is 1.61. The Morgan fingerprint density at radius 3 is 1.76 bits per heavy atom. The third-order valence-corrected chi connectivity index (χ3v) is 7.49. The van der Waals surface area contributed by atoms with Crippen molar-refractivity contribution in [2.75, 3.05) is 0 Å². The zero-order chi connectivity index (χ0) is 25.7. The van der Waals surface area contributed by atoms with E-state index >= 15 is 0 Å². The van der Waals surface area contributed by atoms with E-state index < -0.39 is 0 Å². The number of fused-ring (bicyclic) bond motifs is 2. The molecule has 0 saturated heterocycles. The van der Waals surface area contributed by atoms with Gasteiger partial charge in [0.15, 0.2) is 5.82 Å². The van der Waals surface area contributed by atoms with Crippen LogP contribution in [0.5, 0.6) is 0 Å². The van der Waals surface area contributed by atoms with Gasteiger partial charge >= 0.3 is 0 Å². The van der Waals surface area contributed by atoms with Crippen LogP contribution >= 0.6 is 0 Å². The predicted molar refractivity (Wildman–Crippen MR) is 158 cm³/mol. The first-order valence-corrected chi connectivity index (χ1v) is 14.7.